The van der Waals surface area contributed by atoms with Crippen LogP contribution < -0.4 is 19.6 Å². The van der Waals surface area contributed by atoms with E-state index in [2.05, 4.69) is 5.43 Å². The minimum atomic E-state index is -1.16. The van der Waals surface area contributed by atoms with Gasteiger partial charge in [-0.2, -0.15) is 5.01 Å². The van der Waals surface area contributed by atoms with Crippen molar-refractivity contribution >= 4 is 52.2 Å². The Morgan fingerprint density at radius 1 is 1.16 bits per heavy atom. The first-order valence-corrected chi connectivity index (χ1v) is 10.3. The molecular formula is C21H18N2O7S2. The molecule has 0 unspecified atom stereocenters. The van der Waals surface area contributed by atoms with E-state index in [0.717, 1.165) is 16.8 Å². The average molecular weight is 475 g/mol. The summed E-state index contributed by atoms with van der Waals surface area (Å²) in [5.41, 5.74) is 3.24. The van der Waals surface area contributed by atoms with Crippen LogP contribution in [0.1, 0.15) is 15.9 Å². The van der Waals surface area contributed by atoms with Crippen LogP contribution in [0.25, 0.3) is 6.08 Å². The summed E-state index contributed by atoms with van der Waals surface area (Å²) in [7, 11) is 2.93. The molecule has 11 heteroatoms. The molecule has 0 atom stereocenters. The highest BCUT2D eigenvalue weighted by Gasteiger charge is 2.34. The standard InChI is InChI=1S/C21H18N2O7S2/c1-28-14-8-6-12(7-9-14)19(26)22-23-20(27)16(32-21(23)31)10-13-4-3-5-15(29-2)18(13)30-11-17(24)25/h3-10H,11H2,1-2H3,(H,22,26)(H,24,25)/b16-10+. The minimum Gasteiger partial charge on any atom is -0.497 e. The maximum atomic E-state index is 12.9. The van der Waals surface area contributed by atoms with Crippen molar-refractivity contribution in [3.63, 3.8) is 0 Å². The number of benzene rings is 2. The number of carbonyl (C=O) groups excluding carboxylic acids is 2. The Labute approximate surface area is 192 Å². The molecule has 0 bridgehead atoms. The third-order valence-electron chi connectivity index (χ3n) is 4.22. The molecule has 1 aliphatic rings. The van der Waals surface area contributed by atoms with E-state index < -0.39 is 24.4 Å². The van der Waals surface area contributed by atoms with Crippen molar-refractivity contribution in [2.75, 3.05) is 20.8 Å². The van der Waals surface area contributed by atoms with Crippen molar-refractivity contribution in [3.8, 4) is 17.2 Å². The van der Waals surface area contributed by atoms with Crippen LogP contribution in [0.3, 0.4) is 0 Å². The molecule has 1 aliphatic heterocycles. The molecule has 32 heavy (non-hydrogen) atoms. The molecule has 1 heterocycles. The van der Waals surface area contributed by atoms with Crippen LogP contribution in [0, 0.1) is 0 Å². The zero-order chi connectivity index (χ0) is 23.3. The van der Waals surface area contributed by atoms with E-state index in [1.807, 2.05) is 0 Å². The molecule has 2 amide bonds. The molecule has 0 spiro atoms. The molecule has 2 aromatic rings. The highest BCUT2D eigenvalue weighted by Crippen LogP contribution is 2.37. The Balaban J connectivity index is 1.82. The molecule has 0 radical (unpaired) electrons. The largest absolute Gasteiger partial charge is 0.497 e. The van der Waals surface area contributed by atoms with E-state index in [0.29, 0.717) is 22.6 Å². The molecule has 1 saturated heterocycles. The normalized spacial score (nSPS) is 14.4. The number of thioether (sulfide) groups is 1. The second-order valence-electron chi connectivity index (χ2n) is 6.25. The van der Waals surface area contributed by atoms with Crippen LogP contribution >= 0.6 is 24.0 Å². The third-order valence-corrected chi connectivity index (χ3v) is 5.52. The van der Waals surface area contributed by atoms with Gasteiger partial charge >= 0.3 is 5.97 Å². The average Bonchev–Trinajstić information content (AvgIpc) is 3.05. The van der Waals surface area contributed by atoms with Gasteiger partial charge in [0, 0.05) is 11.1 Å². The molecule has 0 saturated carbocycles. The van der Waals surface area contributed by atoms with Gasteiger partial charge in [-0.25, -0.2) is 4.79 Å². The summed E-state index contributed by atoms with van der Waals surface area (Å²) in [5.74, 6) is -1.14. The van der Waals surface area contributed by atoms with Crippen LogP contribution in [0.4, 0.5) is 0 Å². The Kier molecular flexibility index (Phi) is 7.33. The number of amides is 2. The monoisotopic (exact) mass is 474 g/mol. The first-order chi connectivity index (χ1) is 15.3. The molecule has 9 nitrogen and oxygen atoms in total. The third kappa shape index (κ3) is 5.18. The van der Waals surface area contributed by atoms with Gasteiger partial charge in [0.2, 0.25) is 0 Å². The molecule has 166 valence electrons. The topological polar surface area (TPSA) is 114 Å². The van der Waals surface area contributed by atoms with E-state index in [1.54, 1.807) is 42.5 Å². The number of ether oxygens (including phenoxy) is 3. The van der Waals surface area contributed by atoms with Crippen molar-refractivity contribution in [2.45, 2.75) is 0 Å². The number of carboxylic acid groups (broad SMARTS) is 1. The van der Waals surface area contributed by atoms with Crippen LogP contribution in [-0.4, -0.2) is 53.0 Å². The number of hydrogen-bond acceptors (Lipinski definition) is 8. The SMILES string of the molecule is COc1ccc(C(=O)NN2C(=O)/C(=C\c3cccc(OC)c3OCC(=O)O)SC2=S)cc1. The summed E-state index contributed by atoms with van der Waals surface area (Å²) >= 11 is 6.23. The lowest BCUT2D eigenvalue weighted by Crippen LogP contribution is -2.44. The number of carbonyl (C=O) groups is 3. The molecule has 0 aromatic heterocycles. The lowest BCUT2D eigenvalue weighted by molar-refractivity contribution is -0.139. The van der Waals surface area contributed by atoms with Crippen LogP contribution in [0.15, 0.2) is 47.4 Å². The van der Waals surface area contributed by atoms with Crippen molar-refractivity contribution in [1.82, 2.24) is 10.4 Å². The zero-order valence-electron chi connectivity index (χ0n) is 17.0. The predicted molar refractivity (Wildman–Crippen MR) is 122 cm³/mol. The number of methoxy groups -OCH3 is 2. The van der Waals surface area contributed by atoms with Crippen molar-refractivity contribution in [2.24, 2.45) is 0 Å². The summed E-state index contributed by atoms with van der Waals surface area (Å²) in [6.45, 7) is -0.583. The smallest absolute Gasteiger partial charge is 0.341 e. The Morgan fingerprint density at radius 3 is 2.50 bits per heavy atom. The van der Waals surface area contributed by atoms with Crippen LogP contribution in [-0.2, 0) is 9.59 Å². The molecule has 2 aromatic carbocycles. The minimum absolute atomic E-state index is 0.138. The van der Waals surface area contributed by atoms with Gasteiger partial charge in [0.25, 0.3) is 11.8 Å². The summed E-state index contributed by atoms with van der Waals surface area (Å²) in [6, 6.07) is 11.3. The van der Waals surface area contributed by atoms with Gasteiger partial charge in [0.05, 0.1) is 19.1 Å². The molecule has 0 aliphatic carbocycles. The van der Waals surface area contributed by atoms with Gasteiger partial charge in [-0.15, -0.1) is 0 Å². The van der Waals surface area contributed by atoms with Crippen molar-refractivity contribution in [1.29, 1.82) is 0 Å². The number of para-hydroxylation sites is 1. The summed E-state index contributed by atoms with van der Waals surface area (Å²) in [5, 5.41) is 9.90. The van der Waals surface area contributed by atoms with Crippen molar-refractivity contribution in [3.05, 3.63) is 58.5 Å². The predicted octanol–water partition coefficient (Wildman–Crippen LogP) is 2.71. The van der Waals surface area contributed by atoms with Gasteiger partial charge in [-0.1, -0.05) is 23.9 Å². The van der Waals surface area contributed by atoms with Crippen LogP contribution in [0.2, 0.25) is 0 Å². The maximum Gasteiger partial charge on any atom is 0.341 e. The highest BCUT2D eigenvalue weighted by molar-refractivity contribution is 8.26. The summed E-state index contributed by atoms with van der Waals surface area (Å²) in [4.78, 5) is 36.5. The fraction of sp³-hybridized carbons (Fsp3) is 0.143. The first-order valence-electron chi connectivity index (χ1n) is 9.08. The van der Waals surface area contributed by atoms with E-state index >= 15 is 0 Å². The van der Waals surface area contributed by atoms with Gasteiger partial charge in [-0.05, 0) is 48.6 Å². The number of thiocarbonyl (C=S) groups is 1. The Bertz CT molecular complexity index is 1100. The lowest BCUT2D eigenvalue weighted by atomic mass is 10.1. The zero-order valence-corrected chi connectivity index (χ0v) is 18.6. The van der Waals surface area contributed by atoms with Gasteiger partial charge in [0.15, 0.2) is 22.4 Å². The number of rotatable bonds is 8. The fourth-order valence-electron chi connectivity index (χ4n) is 2.71. The van der Waals surface area contributed by atoms with Crippen molar-refractivity contribution < 1.29 is 33.7 Å². The first kappa shape index (κ1) is 23.1. The molecule has 1 fully saturated rings. The second kappa shape index (κ2) is 10.2. The van der Waals surface area contributed by atoms with Gasteiger partial charge in [0.1, 0.15) is 5.75 Å². The number of hydrogen-bond donors (Lipinski definition) is 2. The molecule has 3 rings (SSSR count). The highest BCUT2D eigenvalue weighted by atomic mass is 32.2. The second-order valence-corrected chi connectivity index (χ2v) is 7.92. The van der Waals surface area contributed by atoms with E-state index in [1.165, 1.54) is 20.3 Å². The number of carboxylic acids is 1. The summed E-state index contributed by atoms with van der Waals surface area (Å²) in [6.07, 6.45) is 1.50. The van der Waals surface area contributed by atoms with Gasteiger partial charge in [-0.3, -0.25) is 15.0 Å². The number of hydrazine groups is 1. The maximum absolute atomic E-state index is 12.9. The quantitative estimate of drug-likeness (QED) is 0.440. The van der Waals surface area contributed by atoms with E-state index in [-0.39, 0.29) is 15.0 Å². The van der Waals surface area contributed by atoms with Gasteiger partial charge < -0.3 is 19.3 Å². The number of nitrogens with zero attached hydrogens (tertiary/aromatic N) is 1. The Morgan fingerprint density at radius 2 is 1.88 bits per heavy atom. The Hall–Kier alpha value is -3.57. The molecule has 2 N–H and O–H groups in total. The van der Waals surface area contributed by atoms with E-state index in [9.17, 15) is 14.4 Å². The fourth-order valence-corrected chi connectivity index (χ4v) is 3.88. The molecular weight excluding hydrogens is 456 g/mol. The lowest BCUT2D eigenvalue weighted by Gasteiger charge is -2.15. The number of nitrogens with one attached hydrogen (secondary N) is 1. The summed E-state index contributed by atoms with van der Waals surface area (Å²) < 4.78 is 15.8. The van der Waals surface area contributed by atoms with E-state index in [4.69, 9.17) is 31.5 Å². The number of aliphatic carboxylic acids is 1. The van der Waals surface area contributed by atoms with Crippen LogP contribution in [0.5, 0.6) is 17.2 Å².